The first kappa shape index (κ1) is 20.2. The van der Waals surface area contributed by atoms with Crippen LogP contribution >= 0.6 is 0 Å². The molecule has 1 fully saturated rings. The first-order valence-corrected chi connectivity index (χ1v) is 10.7. The highest BCUT2D eigenvalue weighted by molar-refractivity contribution is 6.12. The van der Waals surface area contributed by atoms with E-state index in [2.05, 4.69) is 12.2 Å². The van der Waals surface area contributed by atoms with E-state index in [4.69, 9.17) is 4.74 Å². The zero-order valence-corrected chi connectivity index (χ0v) is 17.3. The molecule has 30 heavy (non-hydrogen) atoms. The number of amides is 1. The number of hydrogen-bond donors (Lipinski definition) is 1. The third-order valence-corrected chi connectivity index (χ3v) is 5.58. The van der Waals surface area contributed by atoms with Crippen molar-refractivity contribution in [3.8, 4) is 5.75 Å². The highest BCUT2D eigenvalue weighted by atomic mass is 16.5. The summed E-state index contributed by atoms with van der Waals surface area (Å²) in [6, 6.07) is 27.3. The molecule has 0 bridgehead atoms. The van der Waals surface area contributed by atoms with Crippen LogP contribution in [0.25, 0.3) is 0 Å². The molecule has 1 aliphatic heterocycles. The molecule has 3 aromatic carbocycles. The molecule has 0 aliphatic carbocycles. The van der Waals surface area contributed by atoms with Crippen LogP contribution in [0.3, 0.4) is 0 Å². The van der Waals surface area contributed by atoms with E-state index < -0.39 is 0 Å². The van der Waals surface area contributed by atoms with Crippen molar-refractivity contribution in [2.75, 3.05) is 11.4 Å². The quantitative estimate of drug-likeness (QED) is 0.588. The summed E-state index contributed by atoms with van der Waals surface area (Å²) in [4.78, 5) is 15.5. The van der Waals surface area contributed by atoms with Gasteiger partial charge in [-0.15, -0.1) is 0 Å². The van der Waals surface area contributed by atoms with Gasteiger partial charge in [0.2, 0.25) is 0 Å². The smallest absolute Gasteiger partial charge is 0.266 e. The lowest BCUT2D eigenvalue weighted by Crippen LogP contribution is -2.44. The average molecular weight is 401 g/mol. The molecule has 4 nitrogen and oxygen atoms in total. The molecule has 4 heteroatoms. The molecule has 0 spiro atoms. The van der Waals surface area contributed by atoms with Crippen molar-refractivity contribution >= 4 is 17.3 Å². The predicted molar refractivity (Wildman–Crippen MR) is 122 cm³/mol. The molecule has 154 valence electrons. The standard InChI is InChI=1S/C26H28N2O2/c1-20(24-17-10-11-19-27-24)30-25-18-9-8-16-23(25)26(29)28(21-12-4-2-5-13-21)22-14-6-3-7-15-22/h2-9,12-16,18,20,24,27H,10-11,17,19H2,1H3. The van der Waals surface area contributed by atoms with Crippen LogP contribution < -0.4 is 15.0 Å². The minimum absolute atomic E-state index is 0.0128. The molecule has 1 saturated heterocycles. The predicted octanol–water partition coefficient (Wildman–Crippen LogP) is 5.57. The molecule has 1 heterocycles. The molecule has 4 rings (SSSR count). The second kappa shape index (κ2) is 9.59. The second-order valence-corrected chi connectivity index (χ2v) is 7.69. The minimum Gasteiger partial charge on any atom is -0.488 e. The normalized spacial score (nSPS) is 17.2. The van der Waals surface area contributed by atoms with Crippen molar-refractivity contribution in [2.45, 2.75) is 38.3 Å². The molecule has 2 atom stereocenters. The summed E-state index contributed by atoms with van der Waals surface area (Å²) in [6.07, 6.45) is 3.50. The summed E-state index contributed by atoms with van der Waals surface area (Å²) in [7, 11) is 0. The molecule has 1 N–H and O–H groups in total. The van der Waals surface area contributed by atoms with Gasteiger partial charge in [-0.3, -0.25) is 9.69 Å². The molecule has 1 aliphatic rings. The summed E-state index contributed by atoms with van der Waals surface area (Å²) < 4.78 is 6.32. The van der Waals surface area contributed by atoms with Gasteiger partial charge in [0.1, 0.15) is 11.9 Å². The SMILES string of the molecule is CC(Oc1ccccc1C(=O)N(c1ccccc1)c1ccccc1)C1CCCCN1. The Morgan fingerprint density at radius 3 is 2.10 bits per heavy atom. The van der Waals surface area contributed by atoms with Crippen LogP contribution in [0.2, 0.25) is 0 Å². The van der Waals surface area contributed by atoms with Crippen molar-refractivity contribution in [3.63, 3.8) is 0 Å². The largest absolute Gasteiger partial charge is 0.488 e. The Labute approximate surface area is 178 Å². The summed E-state index contributed by atoms with van der Waals surface area (Å²) in [5, 5.41) is 3.54. The molecular formula is C26H28N2O2. The lowest BCUT2D eigenvalue weighted by Gasteiger charge is -2.30. The highest BCUT2D eigenvalue weighted by Crippen LogP contribution is 2.31. The molecule has 0 radical (unpaired) electrons. The van der Waals surface area contributed by atoms with Crippen molar-refractivity contribution in [3.05, 3.63) is 90.5 Å². The van der Waals surface area contributed by atoms with Crippen molar-refractivity contribution in [1.82, 2.24) is 5.32 Å². The number of ether oxygens (including phenoxy) is 1. The molecule has 0 saturated carbocycles. The Bertz CT molecular complexity index is 914. The van der Waals surface area contributed by atoms with Crippen molar-refractivity contribution in [2.24, 2.45) is 0 Å². The molecule has 1 amide bonds. The zero-order valence-electron chi connectivity index (χ0n) is 17.3. The fourth-order valence-corrected chi connectivity index (χ4v) is 3.97. The Morgan fingerprint density at radius 1 is 0.900 bits per heavy atom. The van der Waals surface area contributed by atoms with Gasteiger partial charge < -0.3 is 10.1 Å². The first-order chi connectivity index (χ1) is 14.7. The summed E-state index contributed by atoms with van der Waals surface area (Å²) in [6.45, 7) is 3.10. The number of nitrogens with one attached hydrogen (secondary N) is 1. The number of carbonyl (C=O) groups excluding carboxylic acids is 1. The maximum atomic E-state index is 13.8. The fourth-order valence-electron chi connectivity index (χ4n) is 3.97. The van der Waals surface area contributed by atoms with Crippen LogP contribution in [0.4, 0.5) is 11.4 Å². The topological polar surface area (TPSA) is 41.6 Å². The maximum absolute atomic E-state index is 13.8. The summed E-state index contributed by atoms with van der Waals surface area (Å²) >= 11 is 0. The van der Waals surface area contributed by atoms with Crippen LogP contribution in [0, 0.1) is 0 Å². The Morgan fingerprint density at radius 2 is 1.50 bits per heavy atom. The number of benzene rings is 3. The van der Waals surface area contributed by atoms with Crippen LogP contribution in [-0.2, 0) is 0 Å². The van der Waals surface area contributed by atoms with Crippen LogP contribution in [0.15, 0.2) is 84.9 Å². The number of anilines is 2. The van der Waals surface area contributed by atoms with Gasteiger partial charge in [-0.25, -0.2) is 0 Å². The number of hydrogen-bond acceptors (Lipinski definition) is 3. The number of para-hydroxylation sites is 3. The van der Waals surface area contributed by atoms with Gasteiger partial charge in [0, 0.05) is 17.4 Å². The number of nitrogens with zero attached hydrogens (tertiary/aromatic N) is 1. The van der Waals surface area contributed by atoms with E-state index in [0.717, 1.165) is 24.3 Å². The van der Waals surface area contributed by atoms with Gasteiger partial charge in [0.05, 0.1) is 5.56 Å². The fraction of sp³-hybridized carbons (Fsp3) is 0.269. The molecule has 3 aromatic rings. The van der Waals surface area contributed by atoms with Gasteiger partial charge in [0.15, 0.2) is 0 Å². The summed E-state index contributed by atoms with van der Waals surface area (Å²) in [5.74, 6) is 0.519. The van der Waals surface area contributed by atoms with Gasteiger partial charge >= 0.3 is 0 Å². The Hall–Kier alpha value is -3.11. The van der Waals surface area contributed by atoms with E-state index in [-0.39, 0.29) is 12.0 Å². The monoisotopic (exact) mass is 400 g/mol. The van der Waals surface area contributed by atoms with E-state index in [1.807, 2.05) is 84.9 Å². The van der Waals surface area contributed by atoms with Gasteiger partial charge in [-0.05, 0) is 62.7 Å². The molecule has 2 unspecified atom stereocenters. The second-order valence-electron chi connectivity index (χ2n) is 7.69. The van der Waals surface area contributed by atoms with Crippen LogP contribution in [0.1, 0.15) is 36.5 Å². The van der Waals surface area contributed by atoms with Crippen molar-refractivity contribution < 1.29 is 9.53 Å². The van der Waals surface area contributed by atoms with Gasteiger partial charge in [-0.2, -0.15) is 0 Å². The van der Waals surface area contributed by atoms with Crippen LogP contribution in [0.5, 0.6) is 5.75 Å². The lowest BCUT2D eigenvalue weighted by atomic mass is 10.0. The molecule has 0 aromatic heterocycles. The van der Waals surface area contributed by atoms with Gasteiger partial charge in [-0.1, -0.05) is 55.0 Å². The van der Waals surface area contributed by atoms with E-state index in [9.17, 15) is 4.79 Å². The van der Waals surface area contributed by atoms with E-state index >= 15 is 0 Å². The molecular weight excluding hydrogens is 372 g/mol. The number of carbonyl (C=O) groups is 1. The Kier molecular flexibility index (Phi) is 6.45. The number of rotatable bonds is 6. The average Bonchev–Trinajstić information content (AvgIpc) is 2.81. The van der Waals surface area contributed by atoms with E-state index in [1.54, 1.807) is 4.90 Å². The third kappa shape index (κ3) is 4.55. The third-order valence-electron chi connectivity index (χ3n) is 5.58. The highest BCUT2D eigenvalue weighted by Gasteiger charge is 2.26. The lowest BCUT2D eigenvalue weighted by molar-refractivity contribution is 0.0987. The minimum atomic E-state index is -0.105. The van der Waals surface area contributed by atoms with E-state index in [0.29, 0.717) is 17.4 Å². The van der Waals surface area contributed by atoms with Gasteiger partial charge in [0.25, 0.3) is 5.91 Å². The van der Waals surface area contributed by atoms with Crippen LogP contribution in [-0.4, -0.2) is 24.6 Å². The van der Waals surface area contributed by atoms with Crippen molar-refractivity contribution in [1.29, 1.82) is 0 Å². The van der Waals surface area contributed by atoms with E-state index in [1.165, 1.54) is 12.8 Å². The first-order valence-electron chi connectivity index (χ1n) is 10.7. The maximum Gasteiger partial charge on any atom is 0.266 e. The zero-order chi connectivity index (χ0) is 20.8. The Balaban J connectivity index is 1.65. The summed E-state index contributed by atoms with van der Waals surface area (Å²) in [5.41, 5.74) is 2.21. The number of piperidine rings is 1.